The third-order valence-corrected chi connectivity index (χ3v) is 4.20. The lowest BCUT2D eigenvalue weighted by atomic mass is 10.1. The van der Waals surface area contributed by atoms with Gasteiger partial charge in [-0.15, -0.1) is 5.10 Å². The number of halogens is 2. The number of aliphatic hydroxyl groups is 1. The van der Waals surface area contributed by atoms with Gasteiger partial charge in [0.15, 0.2) is 5.82 Å². The number of nitrogens with one attached hydrogen (secondary N) is 1. The fourth-order valence-corrected chi connectivity index (χ4v) is 2.27. The molecular formula is C13H15F2N3OS. The highest BCUT2D eigenvalue weighted by Crippen LogP contribution is 2.29. The van der Waals surface area contributed by atoms with Crippen LogP contribution in [-0.4, -0.2) is 31.1 Å². The lowest BCUT2D eigenvalue weighted by Gasteiger charge is -2.23. The largest absolute Gasteiger partial charge is 0.389 e. The van der Waals surface area contributed by atoms with Gasteiger partial charge in [0.1, 0.15) is 11.6 Å². The summed E-state index contributed by atoms with van der Waals surface area (Å²) in [5.41, 5.74) is -0.589. The summed E-state index contributed by atoms with van der Waals surface area (Å²) in [7, 11) is 0. The summed E-state index contributed by atoms with van der Waals surface area (Å²) < 4.78 is 26.3. The van der Waals surface area contributed by atoms with E-state index in [1.165, 1.54) is 23.9 Å². The molecule has 0 radical (unpaired) electrons. The SMILES string of the molecule is C[C@@H](Sc1n[nH]c(-c2cc(F)cc(F)c2)n1)C(C)(C)O. The topological polar surface area (TPSA) is 61.8 Å². The van der Waals surface area contributed by atoms with Crippen molar-refractivity contribution in [3.05, 3.63) is 29.8 Å². The summed E-state index contributed by atoms with van der Waals surface area (Å²) >= 11 is 1.28. The van der Waals surface area contributed by atoms with Crippen molar-refractivity contribution in [2.45, 2.75) is 36.8 Å². The van der Waals surface area contributed by atoms with Crippen molar-refractivity contribution in [1.29, 1.82) is 0 Å². The van der Waals surface area contributed by atoms with Crippen LogP contribution in [0.5, 0.6) is 0 Å². The summed E-state index contributed by atoms with van der Waals surface area (Å²) in [6, 6.07) is 3.15. The van der Waals surface area contributed by atoms with Crippen molar-refractivity contribution in [3.8, 4) is 11.4 Å². The maximum absolute atomic E-state index is 13.1. The lowest BCUT2D eigenvalue weighted by molar-refractivity contribution is 0.0823. The molecule has 2 aromatic rings. The molecule has 108 valence electrons. The number of aromatic amines is 1. The van der Waals surface area contributed by atoms with Gasteiger partial charge in [-0.25, -0.2) is 13.8 Å². The van der Waals surface area contributed by atoms with Crippen LogP contribution >= 0.6 is 11.8 Å². The molecule has 0 saturated heterocycles. The first-order valence-corrected chi connectivity index (χ1v) is 6.91. The highest BCUT2D eigenvalue weighted by atomic mass is 32.2. The van der Waals surface area contributed by atoms with E-state index >= 15 is 0 Å². The summed E-state index contributed by atoms with van der Waals surface area (Å²) in [4.78, 5) is 4.17. The number of rotatable bonds is 4. The molecule has 1 heterocycles. The first-order chi connectivity index (χ1) is 9.25. The van der Waals surface area contributed by atoms with Crippen LogP contribution in [0, 0.1) is 11.6 Å². The molecule has 4 nitrogen and oxygen atoms in total. The van der Waals surface area contributed by atoms with Crippen molar-refractivity contribution in [1.82, 2.24) is 15.2 Å². The van der Waals surface area contributed by atoms with Gasteiger partial charge in [-0.3, -0.25) is 5.10 Å². The maximum atomic E-state index is 13.1. The van der Waals surface area contributed by atoms with Crippen molar-refractivity contribution < 1.29 is 13.9 Å². The number of benzene rings is 1. The third-order valence-electron chi connectivity index (χ3n) is 2.88. The van der Waals surface area contributed by atoms with E-state index in [1.807, 2.05) is 6.92 Å². The smallest absolute Gasteiger partial charge is 0.209 e. The molecule has 0 bridgehead atoms. The van der Waals surface area contributed by atoms with Gasteiger partial charge >= 0.3 is 0 Å². The monoisotopic (exact) mass is 299 g/mol. The van der Waals surface area contributed by atoms with E-state index < -0.39 is 17.2 Å². The minimum Gasteiger partial charge on any atom is -0.389 e. The predicted molar refractivity (Wildman–Crippen MR) is 73.4 cm³/mol. The maximum Gasteiger partial charge on any atom is 0.209 e. The van der Waals surface area contributed by atoms with E-state index in [9.17, 15) is 13.9 Å². The van der Waals surface area contributed by atoms with Crippen LogP contribution in [-0.2, 0) is 0 Å². The van der Waals surface area contributed by atoms with E-state index in [2.05, 4.69) is 15.2 Å². The Morgan fingerprint density at radius 3 is 2.40 bits per heavy atom. The Morgan fingerprint density at radius 1 is 1.25 bits per heavy atom. The molecule has 0 unspecified atom stereocenters. The van der Waals surface area contributed by atoms with E-state index in [1.54, 1.807) is 13.8 Å². The molecule has 0 aliphatic carbocycles. The molecule has 0 saturated carbocycles. The van der Waals surface area contributed by atoms with Crippen molar-refractivity contribution >= 4 is 11.8 Å². The summed E-state index contributed by atoms with van der Waals surface area (Å²) in [6.45, 7) is 5.24. The Morgan fingerprint density at radius 2 is 1.85 bits per heavy atom. The predicted octanol–water partition coefficient (Wildman–Crippen LogP) is 3.00. The number of aromatic nitrogens is 3. The zero-order valence-corrected chi connectivity index (χ0v) is 12.1. The third kappa shape index (κ3) is 3.55. The number of H-pyrrole nitrogens is 1. The van der Waals surface area contributed by atoms with Crippen LogP contribution in [0.3, 0.4) is 0 Å². The molecular weight excluding hydrogens is 284 g/mol. The first-order valence-electron chi connectivity index (χ1n) is 6.03. The Labute approximate surface area is 119 Å². The molecule has 0 spiro atoms. The van der Waals surface area contributed by atoms with E-state index in [0.717, 1.165) is 6.07 Å². The van der Waals surface area contributed by atoms with Crippen LogP contribution < -0.4 is 0 Å². The standard InChI is InChI=1S/C13H15F2N3OS/c1-7(13(2,3)19)20-12-16-11(17-18-12)8-4-9(14)6-10(15)5-8/h4-7,19H,1-3H3,(H,16,17,18)/t7-/m1/s1. The van der Waals surface area contributed by atoms with Crippen molar-refractivity contribution in [2.24, 2.45) is 0 Å². The van der Waals surface area contributed by atoms with E-state index in [0.29, 0.717) is 5.16 Å². The van der Waals surface area contributed by atoms with Gasteiger partial charge in [0.2, 0.25) is 5.16 Å². The van der Waals surface area contributed by atoms with Crippen LogP contribution in [0.25, 0.3) is 11.4 Å². The average molecular weight is 299 g/mol. The lowest BCUT2D eigenvalue weighted by Crippen LogP contribution is -2.30. The van der Waals surface area contributed by atoms with E-state index in [4.69, 9.17) is 0 Å². The fourth-order valence-electron chi connectivity index (χ4n) is 1.42. The molecule has 2 N–H and O–H groups in total. The van der Waals surface area contributed by atoms with Gasteiger partial charge in [-0.2, -0.15) is 0 Å². The van der Waals surface area contributed by atoms with Gasteiger partial charge in [-0.05, 0) is 26.0 Å². The average Bonchev–Trinajstić information content (AvgIpc) is 2.75. The van der Waals surface area contributed by atoms with Gasteiger partial charge in [0.25, 0.3) is 0 Å². The van der Waals surface area contributed by atoms with Gasteiger partial charge in [-0.1, -0.05) is 18.7 Å². The summed E-state index contributed by atoms with van der Waals surface area (Å²) in [6.07, 6.45) is 0. The van der Waals surface area contributed by atoms with Gasteiger partial charge in [0, 0.05) is 16.9 Å². The Balaban J connectivity index is 2.21. The molecule has 20 heavy (non-hydrogen) atoms. The fraction of sp³-hybridized carbons (Fsp3) is 0.385. The van der Waals surface area contributed by atoms with Crippen LogP contribution in [0.2, 0.25) is 0 Å². The second-order valence-corrected chi connectivity index (χ2v) is 6.35. The summed E-state index contributed by atoms with van der Waals surface area (Å²) in [5, 5.41) is 16.8. The minimum absolute atomic E-state index is 0.129. The minimum atomic E-state index is -0.879. The zero-order chi connectivity index (χ0) is 14.9. The molecule has 0 aliphatic heterocycles. The normalized spacial score (nSPS) is 13.5. The molecule has 0 amide bonds. The summed E-state index contributed by atoms with van der Waals surface area (Å²) in [5.74, 6) is -1.06. The van der Waals surface area contributed by atoms with Crippen molar-refractivity contribution in [3.63, 3.8) is 0 Å². The Kier molecular flexibility index (Phi) is 4.10. The number of nitrogens with zero attached hydrogens (tertiary/aromatic N) is 2. The molecule has 1 aromatic heterocycles. The van der Waals surface area contributed by atoms with Crippen molar-refractivity contribution in [2.75, 3.05) is 0 Å². The second kappa shape index (κ2) is 5.49. The number of hydrogen-bond donors (Lipinski definition) is 2. The molecule has 7 heteroatoms. The van der Waals surface area contributed by atoms with Crippen LogP contribution in [0.1, 0.15) is 20.8 Å². The molecule has 0 aliphatic rings. The highest BCUT2D eigenvalue weighted by Gasteiger charge is 2.24. The molecule has 2 rings (SSSR count). The quantitative estimate of drug-likeness (QED) is 0.852. The Bertz CT molecular complexity index is 590. The zero-order valence-electron chi connectivity index (χ0n) is 11.3. The van der Waals surface area contributed by atoms with Gasteiger partial charge in [0.05, 0.1) is 5.60 Å². The highest BCUT2D eigenvalue weighted by molar-refractivity contribution is 7.99. The van der Waals surface area contributed by atoms with Crippen LogP contribution in [0.4, 0.5) is 8.78 Å². The number of thioether (sulfide) groups is 1. The van der Waals surface area contributed by atoms with E-state index in [-0.39, 0.29) is 16.6 Å². The first kappa shape index (κ1) is 14.9. The molecule has 1 atom stereocenters. The second-order valence-electron chi connectivity index (χ2n) is 5.04. The van der Waals surface area contributed by atoms with Crippen LogP contribution in [0.15, 0.2) is 23.4 Å². The Hall–Kier alpha value is -1.47. The number of hydrogen-bond acceptors (Lipinski definition) is 4. The molecule has 0 fully saturated rings. The van der Waals surface area contributed by atoms with Gasteiger partial charge < -0.3 is 5.11 Å². The molecule has 1 aromatic carbocycles.